The van der Waals surface area contributed by atoms with Crippen LogP contribution in [0.3, 0.4) is 0 Å². The fraction of sp³-hybridized carbons (Fsp3) is 0.353. The van der Waals surface area contributed by atoms with Crippen LogP contribution in [0.25, 0.3) is 17.1 Å². The Labute approximate surface area is 275 Å². The number of hydrogen-bond acceptors (Lipinski definition) is 5. The van der Waals surface area contributed by atoms with Gasteiger partial charge in [-0.1, -0.05) is 56.8 Å². The van der Waals surface area contributed by atoms with Crippen molar-refractivity contribution in [1.82, 2.24) is 20.1 Å². The third-order valence-corrected chi connectivity index (χ3v) is 8.69. The number of benzene rings is 3. The van der Waals surface area contributed by atoms with Crippen LogP contribution in [-0.2, 0) is 6.42 Å². The van der Waals surface area contributed by atoms with Gasteiger partial charge in [-0.25, -0.2) is 18.9 Å². The van der Waals surface area contributed by atoms with E-state index >= 15 is 0 Å². The number of nitrogens with one attached hydrogen (secondary N) is 1. The van der Waals surface area contributed by atoms with Crippen LogP contribution in [0.4, 0.5) is 28.0 Å². The van der Waals surface area contributed by atoms with E-state index in [2.05, 4.69) is 37.0 Å². The highest BCUT2D eigenvalue weighted by atomic mass is 32.2. The first-order valence-corrected chi connectivity index (χ1v) is 16.3. The number of alkyl halides is 3. The van der Waals surface area contributed by atoms with Gasteiger partial charge in [0, 0.05) is 29.6 Å². The predicted molar refractivity (Wildman–Crippen MR) is 177 cm³/mol. The number of thioether (sulfide) groups is 1. The summed E-state index contributed by atoms with van der Waals surface area (Å²) in [7, 11) is 0. The highest BCUT2D eigenvalue weighted by Gasteiger charge is 2.31. The van der Waals surface area contributed by atoms with E-state index in [1.54, 1.807) is 12.1 Å². The highest BCUT2D eigenvalue weighted by molar-refractivity contribution is 8.14. The molecule has 1 aliphatic rings. The summed E-state index contributed by atoms with van der Waals surface area (Å²) in [6, 6.07) is 17.6. The maximum Gasteiger partial charge on any atom is 0.573 e. The lowest BCUT2D eigenvalue weighted by molar-refractivity contribution is -0.274. The summed E-state index contributed by atoms with van der Waals surface area (Å²) >= 11 is 1.53. The third-order valence-electron chi connectivity index (χ3n) is 7.71. The zero-order valence-corrected chi connectivity index (χ0v) is 27.3. The van der Waals surface area contributed by atoms with Crippen molar-refractivity contribution in [2.45, 2.75) is 58.9 Å². The summed E-state index contributed by atoms with van der Waals surface area (Å²) in [5.74, 6) is 0.952. The number of anilines is 1. The lowest BCUT2D eigenvalue weighted by Gasteiger charge is -2.37. The molecule has 4 aromatic rings. The average molecular weight is 669 g/mol. The molecule has 0 radical (unpaired) electrons. The first-order valence-electron chi connectivity index (χ1n) is 15.3. The van der Waals surface area contributed by atoms with Gasteiger partial charge in [-0.2, -0.15) is 4.99 Å². The van der Waals surface area contributed by atoms with E-state index in [4.69, 9.17) is 0 Å². The smallest absolute Gasteiger partial charge is 0.406 e. The van der Waals surface area contributed by atoms with Gasteiger partial charge in [0.25, 0.3) is 0 Å². The van der Waals surface area contributed by atoms with Crippen molar-refractivity contribution in [3.63, 3.8) is 0 Å². The van der Waals surface area contributed by atoms with Crippen LogP contribution in [0.15, 0.2) is 78.0 Å². The molecule has 1 aliphatic heterocycles. The lowest BCUT2D eigenvalue weighted by Crippen LogP contribution is -2.43. The van der Waals surface area contributed by atoms with Gasteiger partial charge in [-0.05, 0) is 85.2 Å². The Bertz CT molecular complexity index is 1710. The van der Waals surface area contributed by atoms with E-state index in [1.807, 2.05) is 45.0 Å². The number of hydrogen-bond donors (Lipinski definition) is 1. The van der Waals surface area contributed by atoms with E-state index < -0.39 is 12.4 Å². The first kappa shape index (κ1) is 34.0. The van der Waals surface area contributed by atoms with Crippen molar-refractivity contribution < 1.29 is 27.1 Å². The Morgan fingerprint density at radius 2 is 1.81 bits per heavy atom. The van der Waals surface area contributed by atoms with E-state index in [0.29, 0.717) is 23.2 Å². The number of amides is 2. The van der Waals surface area contributed by atoms with E-state index in [1.165, 1.54) is 53.1 Å². The topological polar surface area (TPSA) is 84.6 Å². The predicted octanol–water partition coefficient (Wildman–Crippen LogP) is 8.37. The number of aromatic nitrogens is 3. The lowest BCUT2D eigenvalue weighted by atomic mass is 9.99. The van der Waals surface area contributed by atoms with Gasteiger partial charge in [0.2, 0.25) is 0 Å². The fourth-order valence-corrected chi connectivity index (χ4v) is 6.52. The monoisotopic (exact) mass is 668 g/mol. The van der Waals surface area contributed by atoms with Gasteiger partial charge in [0.15, 0.2) is 11.0 Å². The van der Waals surface area contributed by atoms with Crippen molar-refractivity contribution in [3.05, 3.63) is 90.0 Å². The number of nitrogens with zero attached hydrogens (tertiary/aromatic N) is 5. The van der Waals surface area contributed by atoms with Gasteiger partial charge in [0.1, 0.15) is 17.9 Å². The number of urea groups is 1. The summed E-state index contributed by atoms with van der Waals surface area (Å²) in [4.78, 5) is 23.8. The molecule has 1 aromatic heterocycles. The fourth-order valence-electron chi connectivity index (χ4n) is 5.31. The number of ether oxygens (including phenoxy) is 1. The molecule has 47 heavy (non-hydrogen) atoms. The third kappa shape index (κ3) is 8.91. The van der Waals surface area contributed by atoms with Crippen LogP contribution >= 0.6 is 11.8 Å². The van der Waals surface area contributed by atoms with E-state index in [-0.39, 0.29) is 29.4 Å². The van der Waals surface area contributed by atoms with E-state index in [0.717, 1.165) is 41.0 Å². The maximum atomic E-state index is 14.1. The molecule has 248 valence electrons. The maximum absolute atomic E-state index is 14.1. The highest BCUT2D eigenvalue weighted by Crippen LogP contribution is 2.35. The van der Waals surface area contributed by atoms with Crippen LogP contribution in [0.2, 0.25) is 0 Å². The summed E-state index contributed by atoms with van der Waals surface area (Å²) in [6.07, 6.45) is -1.62. The average Bonchev–Trinajstić information content (AvgIpc) is 3.51. The van der Waals surface area contributed by atoms with Crippen molar-refractivity contribution in [2.75, 3.05) is 17.2 Å². The van der Waals surface area contributed by atoms with Crippen LogP contribution in [0.1, 0.15) is 51.2 Å². The molecule has 1 N–H and O–H groups in total. The largest absolute Gasteiger partial charge is 0.573 e. The van der Waals surface area contributed by atoms with E-state index in [9.17, 15) is 22.4 Å². The van der Waals surface area contributed by atoms with Crippen LogP contribution in [-0.4, -0.2) is 50.7 Å². The van der Waals surface area contributed by atoms with Gasteiger partial charge in [-0.15, -0.1) is 18.3 Å². The van der Waals surface area contributed by atoms with Crippen LogP contribution in [0, 0.1) is 11.7 Å². The SMILES string of the molecule is CC(CNC(=O)N=C1SCCC(C)N1c1ccc(F)cc1C(C)C)Cc1ccc(-c2ncn(-c3ccc(OC(F)(F)F)cc3)n2)cc1. The summed E-state index contributed by atoms with van der Waals surface area (Å²) in [6.45, 7) is 8.62. The van der Waals surface area contributed by atoms with Crippen molar-refractivity contribution in [3.8, 4) is 22.8 Å². The summed E-state index contributed by atoms with van der Waals surface area (Å²) in [5, 5.41) is 8.00. The minimum absolute atomic E-state index is 0.106. The molecule has 1 saturated heterocycles. The number of rotatable bonds is 9. The minimum atomic E-state index is -4.75. The summed E-state index contributed by atoms with van der Waals surface area (Å²) in [5.41, 5.74) is 4.15. The van der Waals surface area contributed by atoms with Gasteiger partial charge in [0.05, 0.1) is 5.69 Å². The quantitative estimate of drug-likeness (QED) is 0.181. The van der Waals surface area contributed by atoms with Crippen LogP contribution < -0.4 is 15.0 Å². The van der Waals surface area contributed by atoms with Gasteiger partial charge in [-0.3, -0.25) is 0 Å². The normalized spacial score (nSPS) is 16.8. The molecule has 2 unspecified atom stereocenters. The molecule has 5 rings (SSSR count). The number of carbonyl (C=O) groups is 1. The molecular weight excluding hydrogens is 632 g/mol. The Kier molecular flexibility index (Phi) is 10.5. The number of halogens is 4. The molecule has 13 heteroatoms. The van der Waals surface area contributed by atoms with Crippen molar-refractivity contribution in [1.29, 1.82) is 0 Å². The Morgan fingerprint density at radius 1 is 1.09 bits per heavy atom. The Balaban J connectivity index is 1.17. The molecule has 2 amide bonds. The number of carbonyl (C=O) groups excluding carboxylic acids is 1. The zero-order chi connectivity index (χ0) is 33.7. The molecule has 3 aromatic carbocycles. The Hall–Kier alpha value is -4.39. The molecule has 0 bridgehead atoms. The molecule has 0 spiro atoms. The first-order chi connectivity index (χ1) is 22.4. The van der Waals surface area contributed by atoms with Gasteiger partial charge >= 0.3 is 12.4 Å². The molecule has 0 aliphatic carbocycles. The minimum Gasteiger partial charge on any atom is -0.406 e. The van der Waals surface area contributed by atoms with Crippen molar-refractivity contribution >= 4 is 28.6 Å². The molecule has 8 nitrogen and oxygen atoms in total. The molecule has 0 saturated carbocycles. The summed E-state index contributed by atoms with van der Waals surface area (Å²) < 4.78 is 56.7. The number of aliphatic imine (C=N–C) groups is 1. The molecular formula is C34H36F4N6O2S. The molecule has 2 heterocycles. The standard InChI is InChI=1S/C34H36F4N6O2S/c1-21(2)29-18-26(35)9-14-30(29)44-23(4)15-16-47-33(44)41-32(45)39-19-22(3)17-24-5-7-25(8-6-24)31-40-20-43(42-31)27-10-12-28(13-11-27)46-34(36,37)38/h5-14,18,20-23H,15-17,19H2,1-4H3,(H,39,45). The second kappa shape index (κ2) is 14.6. The number of amidine groups is 1. The van der Waals surface area contributed by atoms with Crippen molar-refractivity contribution in [2.24, 2.45) is 10.9 Å². The second-order valence-electron chi connectivity index (χ2n) is 11.9. The molecule has 1 fully saturated rings. The van der Waals surface area contributed by atoms with Gasteiger partial charge < -0.3 is 15.0 Å². The second-order valence-corrected chi connectivity index (χ2v) is 12.9. The molecule has 2 atom stereocenters. The Morgan fingerprint density at radius 3 is 2.49 bits per heavy atom. The zero-order valence-electron chi connectivity index (χ0n) is 26.5. The van der Waals surface area contributed by atoms with Crippen LogP contribution in [0.5, 0.6) is 5.75 Å².